The molecule has 0 spiro atoms. The van der Waals surface area contributed by atoms with Crippen LogP contribution in [0.5, 0.6) is 0 Å². The second kappa shape index (κ2) is 5.17. The van der Waals surface area contributed by atoms with E-state index in [0.29, 0.717) is 0 Å². The van der Waals surface area contributed by atoms with Gasteiger partial charge in [-0.1, -0.05) is 0 Å². The molecule has 7 heteroatoms. The predicted octanol–water partition coefficient (Wildman–Crippen LogP) is -1.85. The van der Waals surface area contributed by atoms with Crippen molar-refractivity contribution in [2.75, 3.05) is 7.05 Å². The molecule has 0 unspecified atom stereocenters. The number of hydrogen-bond donors (Lipinski definition) is 5. The summed E-state index contributed by atoms with van der Waals surface area (Å²) in [5, 5.41) is 0. The van der Waals surface area contributed by atoms with E-state index >= 15 is 0 Å². The Labute approximate surface area is 46.5 Å². The second-order valence-electron chi connectivity index (χ2n) is 0.802. The Bertz CT molecular complexity index is 69.8. The lowest BCUT2D eigenvalue weighted by atomic mass is 11.5. The average Bonchev–Trinajstić information content (AvgIpc) is 1.27. The zero-order valence-electron chi connectivity index (χ0n) is 4.27. The summed E-state index contributed by atoms with van der Waals surface area (Å²) in [5.74, 6) is 4.60. The minimum atomic E-state index is -4.64. The van der Waals surface area contributed by atoms with Crippen molar-refractivity contribution in [2.24, 2.45) is 5.84 Å². The van der Waals surface area contributed by atoms with Crippen LogP contribution in [-0.4, -0.2) is 21.7 Å². The lowest BCUT2D eigenvalue weighted by molar-refractivity contribution is 0.275. The quantitative estimate of drug-likeness (QED) is 0.155. The van der Waals surface area contributed by atoms with Crippen LogP contribution in [-0.2, 0) is 4.57 Å². The largest absolute Gasteiger partial charge is 0.466 e. The smallest absolute Gasteiger partial charge is 0.303 e. The Morgan fingerprint density at radius 3 is 1.50 bits per heavy atom. The topological polar surface area (TPSA) is 116 Å². The van der Waals surface area contributed by atoms with Crippen molar-refractivity contribution >= 4 is 7.82 Å². The van der Waals surface area contributed by atoms with E-state index in [1.165, 1.54) is 0 Å². The van der Waals surface area contributed by atoms with Crippen LogP contribution >= 0.6 is 7.82 Å². The molecule has 0 radical (unpaired) electrons. The first kappa shape index (κ1) is 10.9. The standard InChI is InChI=1S/CH6N2.H3O4P/c1-3-2;1-5(2,3)4/h3H,2H2,1H3;(H3,1,2,3,4). The number of rotatable bonds is 0. The number of phosphoric acid groups is 1. The van der Waals surface area contributed by atoms with Crippen LogP contribution in [0.15, 0.2) is 0 Å². The van der Waals surface area contributed by atoms with Gasteiger partial charge in [-0.05, 0) is 7.05 Å². The first-order chi connectivity index (χ1) is 3.41. The third-order valence-corrected chi connectivity index (χ3v) is 0. The molecule has 0 saturated heterocycles. The first-order valence-electron chi connectivity index (χ1n) is 1.57. The predicted molar refractivity (Wildman–Crippen MR) is 27.5 cm³/mol. The van der Waals surface area contributed by atoms with Crippen LogP contribution in [0.2, 0.25) is 0 Å². The van der Waals surface area contributed by atoms with E-state index in [0.717, 1.165) is 0 Å². The summed E-state index contributed by atoms with van der Waals surface area (Å²) < 4.78 is 8.88. The van der Waals surface area contributed by atoms with Gasteiger partial charge in [-0.15, -0.1) is 0 Å². The number of nitrogens with two attached hydrogens (primary N) is 1. The highest BCUT2D eigenvalue weighted by molar-refractivity contribution is 7.45. The summed E-state index contributed by atoms with van der Waals surface area (Å²) in [5.41, 5.74) is 2.25. The first-order valence-corrected chi connectivity index (χ1v) is 3.14. The number of hydrazine groups is 1. The molecule has 6 nitrogen and oxygen atoms in total. The van der Waals surface area contributed by atoms with Crippen molar-refractivity contribution in [3.8, 4) is 0 Å². The zero-order chi connectivity index (χ0) is 7.21. The third-order valence-electron chi connectivity index (χ3n) is 0. The molecule has 0 aromatic rings. The Morgan fingerprint density at radius 2 is 1.50 bits per heavy atom. The van der Waals surface area contributed by atoms with Crippen molar-refractivity contribution in [2.45, 2.75) is 0 Å². The SMILES string of the molecule is CNN.O=P(O)(O)O. The lowest BCUT2D eigenvalue weighted by Crippen LogP contribution is -2.13. The molecular formula is CH9N2O4P. The maximum absolute atomic E-state index is 8.88. The molecule has 0 fully saturated rings. The highest BCUT2D eigenvalue weighted by atomic mass is 31.2. The average molecular weight is 144 g/mol. The van der Waals surface area contributed by atoms with E-state index in [2.05, 4.69) is 11.3 Å². The van der Waals surface area contributed by atoms with Crippen molar-refractivity contribution in [3.63, 3.8) is 0 Å². The molecule has 0 aliphatic rings. The van der Waals surface area contributed by atoms with E-state index in [1.807, 2.05) is 0 Å². The van der Waals surface area contributed by atoms with Crippen LogP contribution < -0.4 is 11.3 Å². The van der Waals surface area contributed by atoms with Crippen LogP contribution in [0.25, 0.3) is 0 Å². The molecule has 6 N–H and O–H groups in total. The molecular weight excluding hydrogens is 135 g/mol. The van der Waals surface area contributed by atoms with Crippen molar-refractivity contribution in [1.82, 2.24) is 5.43 Å². The van der Waals surface area contributed by atoms with Crippen LogP contribution in [0.4, 0.5) is 0 Å². The highest BCUT2D eigenvalue weighted by Crippen LogP contribution is 2.25. The summed E-state index contributed by atoms with van der Waals surface area (Å²) in [4.78, 5) is 21.6. The molecule has 0 bridgehead atoms. The summed E-state index contributed by atoms with van der Waals surface area (Å²) in [6.45, 7) is 0. The van der Waals surface area contributed by atoms with Gasteiger partial charge in [0.05, 0.1) is 0 Å². The normalized spacial score (nSPS) is 9.62. The second-order valence-corrected chi connectivity index (χ2v) is 1.83. The van der Waals surface area contributed by atoms with Crippen LogP contribution in [0.1, 0.15) is 0 Å². The molecule has 0 rings (SSSR count). The van der Waals surface area contributed by atoms with Gasteiger partial charge in [-0.3, -0.25) is 11.3 Å². The van der Waals surface area contributed by atoms with Gasteiger partial charge >= 0.3 is 7.82 Å². The van der Waals surface area contributed by atoms with Gasteiger partial charge in [0.25, 0.3) is 0 Å². The van der Waals surface area contributed by atoms with Gasteiger partial charge < -0.3 is 14.7 Å². The maximum atomic E-state index is 8.88. The fourth-order valence-electron chi connectivity index (χ4n) is 0. The minimum Gasteiger partial charge on any atom is -0.303 e. The van der Waals surface area contributed by atoms with Gasteiger partial charge in [-0.25, -0.2) is 4.57 Å². The molecule has 8 heavy (non-hydrogen) atoms. The van der Waals surface area contributed by atoms with E-state index in [-0.39, 0.29) is 0 Å². The van der Waals surface area contributed by atoms with Gasteiger partial charge in [0.15, 0.2) is 0 Å². The van der Waals surface area contributed by atoms with Crippen molar-refractivity contribution in [1.29, 1.82) is 0 Å². The number of hydrogen-bond acceptors (Lipinski definition) is 3. The molecule has 0 aromatic heterocycles. The third kappa shape index (κ3) is 170000. The molecule has 0 aliphatic carbocycles. The summed E-state index contributed by atoms with van der Waals surface area (Å²) in [7, 11) is -2.99. The van der Waals surface area contributed by atoms with Gasteiger partial charge in [-0.2, -0.15) is 0 Å². The number of nitrogens with one attached hydrogen (secondary N) is 1. The van der Waals surface area contributed by atoms with Gasteiger partial charge in [0.2, 0.25) is 0 Å². The summed E-state index contributed by atoms with van der Waals surface area (Å²) in [6.07, 6.45) is 0. The molecule has 52 valence electrons. The fourth-order valence-corrected chi connectivity index (χ4v) is 0. The Balaban J connectivity index is 0. The van der Waals surface area contributed by atoms with Crippen LogP contribution in [0, 0.1) is 0 Å². The molecule has 0 saturated carbocycles. The van der Waals surface area contributed by atoms with Gasteiger partial charge in [0.1, 0.15) is 0 Å². The Kier molecular flexibility index (Phi) is 7.06. The molecule has 0 amide bonds. The molecule has 0 aromatic carbocycles. The van der Waals surface area contributed by atoms with E-state index in [1.54, 1.807) is 7.05 Å². The highest BCUT2D eigenvalue weighted by Gasteiger charge is 2.00. The minimum absolute atomic E-state index is 1.65. The summed E-state index contributed by atoms with van der Waals surface area (Å²) >= 11 is 0. The van der Waals surface area contributed by atoms with Crippen molar-refractivity contribution < 1.29 is 19.2 Å². The fraction of sp³-hybridized carbons (Fsp3) is 1.00. The molecule has 0 atom stereocenters. The van der Waals surface area contributed by atoms with E-state index < -0.39 is 7.82 Å². The monoisotopic (exact) mass is 144 g/mol. The maximum Gasteiger partial charge on any atom is 0.466 e. The zero-order valence-corrected chi connectivity index (χ0v) is 5.17. The van der Waals surface area contributed by atoms with Gasteiger partial charge in [0, 0.05) is 0 Å². The lowest BCUT2D eigenvalue weighted by Gasteiger charge is -1.82. The molecule has 0 aliphatic heterocycles. The molecule has 0 heterocycles. The Morgan fingerprint density at radius 1 is 1.50 bits per heavy atom. The van der Waals surface area contributed by atoms with Crippen LogP contribution in [0.3, 0.4) is 0 Å². The van der Waals surface area contributed by atoms with Crippen molar-refractivity contribution in [3.05, 3.63) is 0 Å². The van der Waals surface area contributed by atoms with E-state index in [4.69, 9.17) is 19.2 Å². The summed E-state index contributed by atoms with van der Waals surface area (Å²) in [6, 6.07) is 0. The van der Waals surface area contributed by atoms with E-state index in [9.17, 15) is 0 Å². The Hall–Kier alpha value is 0.0300.